The summed E-state index contributed by atoms with van der Waals surface area (Å²) in [5, 5.41) is 10.6. The topological polar surface area (TPSA) is 77.6 Å². The van der Waals surface area contributed by atoms with E-state index in [1.165, 1.54) is 0 Å². The van der Waals surface area contributed by atoms with Crippen LogP contribution in [0.25, 0.3) is 11.0 Å². The molecule has 1 atom stereocenters. The largest absolute Gasteiger partial charge is 0.354 e. The molecular weight excluding hydrogens is 316 g/mol. The molecule has 3 aromatic rings. The molecule has 0 aliphatic heterocycles. The van der Waals surface area contributed by atoms with E-state index in [0.29, 0.717) is 6.54 Å². The van der Waals surface area contributed by atoms with E-state index < -0.39 is 0 Å². The number of hydrogen-bond acceptors (Lipinski definition) is 4. The predicted molar refractivity (Wildman–Crippen MR) is 96.1 cm³/mol. The maximum Gasteiger partial charge on any atom is 0.243 e. The molecule has 0 spiro atoms. The first-order valence-electron chi connectivity index (χ1n) is 8.80. The van der Waals surface area contributed by atoms with Crippen LogP contribution in [0.5, 0.6) is 0 Å². The molecular formula is C18H24N6O. The number of imidazole rings is 1. The summed E-state index contributed by atoms with van der Waals surface area (Å²) in [6.45, 7) is 5.52. The molecule has 0 fully saturated rings. The summed E-state index contributed by atoms with van der Waals surface area (Å²) in [6, 6.07) is 7.75. The molecule has 1 N–H and O–H groups in total. The Morgan fingerprint density at radius 1 is 1.20 bits per heavy atom. The average Bonchev–Trinajstić information content (AvgIpc) is 3.27. The Hall–Kier alpha value is -2.70. The standard InChI is InChI=1S/C18H24N6O/c1-3-15(18(25)19-10-7-11-23-12-20-21-13-23)24-16-9-6-5-8-14(16)22-17(24)4-2/h5-6,8-9,12-13,15H,3-4,7,10-11H2,1-2H3,(H,19,25). The van der Waals surface area contributed by atoms with Crippen LogP contribution in [0.1, 0.15) is 38.6 Å². The van der Waals surface area contributed by atoms with E-state index >= 15 is 0 Å². The first kappa shape index (κ1) is 17.1. The van der Waals surface area contributed by atoms with Crippen LogP contribution in [-0.4, -0.2) is 36.8 Å². The fraction of sp³-hybridized carbons (Fsp3) is 0.444. The van der Waals surface area contributed by atoms with E-state index in [4.69, 9.17) is 0 Å². The minimum atomic E-state index is -0.239. The summed E-state index contributed by atoms with van der Waals surface area (Å²) in [7, 11) is 0. The molecule has 2 heterocycles. The number of carbonyl (C=O) groups excluding carboxylic acids is 1. The van der Waals surface area contributed by atoms with Gasteiger partial charge in [0.15, 0.2) is 0 Å². The molecule has 7 heteroatoms. The van der Waals surface area contributed by atoms with Crippen LogP contribution in [0, 0.1) is 0 Å². The molecule has 0 radical (unpaired) electrons. The Morgan fingerprint density at radius 2 is 1.96 bits per heavy atom. The summed E-state index contributed by atoms with van der Waals surface area (Å²) in [5.74, 6) is 0.997. The molecule has 1 amide bonds. The second kappa shape index (κ2) is 7.92. The average molecular weight is 340 g/mol. The lowest BCUT2D eigenvalue weighted by Crippen LogP contribution is -2.34. The number of fused-ring (bicyclic) bond motifs is 1. The minimum Gasteiger partial charge on any atom is -0.354 e. The van der Waals surface area contributed by atoms with E-state index in [-0.39, 0.29) is 11.9 Å². The van der Waals surface area contributed by atoms with Gasteiger partial charge in [0.25, 0.3) is 0 Å². The molecule has 0 aliphatic carbocycles. The summed E-state index contributed by atoms with van der Waals surface area (Å²) < 4.78 is 3.99. The SMILES string of the molecule is CCc1nc2ccccc2n1C(CC)C(=O)NCCCn1cnnc1. The Morgan fingerprint density at radius 3 is 2.68 bits per heavy atom. The van der Waals surface area contributed by atoms with Crippen LogP contribution in [0.15, 0.2) is 36.9 Å². The molecule has 132 valence electrons. The number of amides is 1. The van der Waals surface area contributed by atoms with Gasteiger partial charge in [-0.15, -0.1) is 10.2 Å². The monoisotopic (exact) mass is 340 g/mol. The van der Waals surface area contributed by atoms with Gasteiger partial charge >= 0.3 is 0 Å². The number of nitrogens with one attached hydrogen (secondary N) is 1. The lowest BCUT2D eigenvalue weighted by Gasteiger charge is -2.20. The van der Waals surface area contributed by atoms with Gasteiger partial charge in [-0.2, -0.15) is 0 Å². The Kier molecular flexibility index (Phi) is 5.42. The van der Waals surface area contributed by atoms with E-state index in [1.54, 1.807) is 12.7 Å². The zero-order valence-electron chi connectivity index (χ0n) is 14.7. The van der Waals surface area contributed by atoms with Gasteiger partial charge in [0.05, 0.1) is 11.0 Å². The number of rotatable bonds is 8. The van der Waals surface area contributed by atoms with Gasteiger partial charge in [-0.25, -0.2) is 4.98 Å². The van der Waals surface area contributed by atoms with Crippen LogP contribution in [0.4, 0.5) is 0 Å². The third-order valence-corrected chi connectivity index (χ3v) is 4.35. The zero-order valence-corrected chi connectivity index (χ0v) is 14.7. The molecule has 1 unspecified atom stereocenters. The third-order valence-electron chi connectivity index (χ3n) is 4.35. The maximum atomic E-state index is 12.8. The van der Waals surface area contributed by atoms with Gasteiger partial charge in [0.2, 0.25) is 5.91 Å². The number of benzene rings is 1. The fourth-order valence-electron chi connectivity index (χ4n) is 3.11. The maximum absolute atomic E-state index is 12.8. The van der Waals surface area contributed by atoms with Gasteiger partial charge in [0, 0.05) is 19.5 Å². The van der Waals surface area contributed by atoms with Gasteiger partial charge in [-0.3, -0.25) is 4.79 Å². The molecule has 0 saturated heterocycles. The lowest BCUT2D eigenvalue weighted by molar-refractivity contribution is -0.124. The third kappa shape index (κ3) is 3.70. The van der Waals surface area contributed by atoms with Crippen molar-refractivity contribution in [2.75, 3.05) is 6.54 Å². The Bertz CT molecular complexity index is 823. The first-order chi connectivity index (χ1) is 12.2. The van der Waals surface area contributed by atoms with Crippen molar-refractivity contribution in [1.82, 2.24) is 29.6 Å². The number of para-hydroxylation sites is 2. The second-order valence-electron chi connectivity index (χ2n) is 6.01. The normalized spacial score (nSPS) is 12.4. The summed E-state index contributed by atoms with van der Waals surface area (Å²) in [6.07, 6.45) is 5.73. The quantitative estimate of drug-likeness (QED) is 0.639. The Balaban J connectivity index is 1.70. The highest BCUT2D eigenvalue weighted by molar-refractivity contribution is 5.84. The van der Waals surface area contributed by atoms with Crippen LogP contribution < -0.4 is 5.32 Å². The summed E-state index contributed by atoms with van der Waals surface area (Å²) in [4.78, 5) is 17.4. The van der Waals surface area contributed by atoms with Crippen molar-refractivity contribution < 1.29 is 4.79 Å². The van der Waals surface area contributed by atoms with Crippen LogP contribution in [-0.2, 0) is 17.8 Å². The van der Waals surface area contributed by atoms with E-state index in [1.807, 2.05) is 35.8 Å². The molecule has 0 saturated carbocycles. The number of hydrogen-bond donors (Lipinski definition) is 1. The van der Waals surface area contributed by atoms with Gasteiger partial charge < -0.3 is 14.5 Å². The van der Waals surface area contributed by atoms with E-state index in [2.05, 4.69) is 32.0 Å². The molecule has 2 aromatic heterocycles. The Labute approximate surface area is 147 Å². The van der Waals surface area contributed by atoms with E-state index in [0.717, 1.165) is 42.7 Å². The fourth-order valence-corrected chi connectivity index (χ4v) is 3.11. The molecule has 7 nitrogen and oxygen atoms in total. The highest BCUT2D eigenvalue weighted by atomic mass is 16.2. The van der Waals surface area contributed by atoms with Crippen LogP contribution >= 0.6 is 0 Å². The van der Waals surface area contributed by atoms with Crippen molar-refractivity contribution in [1.29, 1.82) is 0 Å². The molecule has 1 aromatic carbocycles. The van der Waals surface area contributed by atoms with Gasteiger partial charge in [-0.1, -0.05) is 26.0 Å². The smallest absolute Gasteiger partial charge is 0.243 e. The lowest BCUT2D eigenvalue weighted by atomic mass is 10.1. The molecule has 25 heavy (non-hydrogen) atoms. The van der Waals surface area contributed by atoms with Crippen molar-refractivity contribution in [2.24, 2.45) is 0 Å². The van der Waals surface area contributed by atoms with Crippen LogP contribution in [0.2, 0.25) is 0 Å². The van der Waals surface area contributed by atoms with Crippen molar-refractivity contribution in [3.63, 3.8) is 0 Å². The molecule has 3 rings (SSSR count). The number of nitrogens with zero attached hydrogens (tertiary/aromatic N) is 5. The number of aryl methyl sites for hydroxylation is 2. The summed E-state index contributed by atoms with van der Waals surface area (Å²) >= 11 is 0. The minimum absolute atomic E-state index is 0.0455. The summed E-state index contributed by atoms with van der Waals surface area (Å²) in [5.41, 5.74) is 1.96. The predicted octanol–water partition coefficient (Wildman–Crippen LogP) is 2.35. The second-order valence-corrected chi connectivity index (χ2v) is 6.01. The van der Waals surface area contributed by atoms with Crippen LogP contribution in [0.3, 0.4) is 0 Å². The number of aromatic nitrogens is 5. The van der Waals surface area contributed by atoms with E-state index in [9.17, 15) is 4.79 Å². The van der Waals surface area contributed by atoms with Crippen molar-refractivity contribution in [2.45, 2.75) is 45.7 Å². The number of carbonyl (C=O) groups is 1. The van der Waals surface area contributed by atoms with Crippen molar-refractivity contribution in [3.05, 3.63) is 42.7 Å². The first-order valence-corrected chi connectivity index (χ1v) is 8.80. The highest BCUT2D eigenvalue weighted by Gasteiger charge is 2.23. The van der Waals surface area contributed by atoms with Gasteiger partial charge in [-0.05, 0) is 25.0 Å². The van der Waals surface area contributed by atoms with Crippen molar-refractivity contribution in [3.8, 4) is 0 Å². The highest BCUT2D eigenvalue weighted by Crippen LogP contribution is 2.24. The molecule has 0 aliphatic rings. The zero-order chi connectivity index (χ0) is 17.6. The van der Waals surface area contributed by atoms with Gasteiger partial charge in [0.1, 0.15) is 24.5 Å². The molecule has 0 bridgehead atoms. The van der Waals surface area contributed by atoms with Crippen molar-refractivity contribution >= 4 is 16.9 Å².